The minimum Gasteiger partial charge on any atom is -0.408 e. The number of nitrogens with two attached hydrogens (primary N) is 1. The first-order valence-electron chi connectivity index (χ1n) is 6.58. The summed E-state index contributed by atoms with van der Waals surface area (Å²) in [5.74, 6) is -0.263. The summed E-state index contributed by atoms with van der Waals surface area (Å²) in [6, 6.07) is 15.6. The molecule has 3 rings (SSSR count). The first-order chi connectivity index (χ1) is 9.65. The normalized spacial score (nSPS) is 14.3. The van der Waals surface area contributed by atoms with E-state index in [4.69, 9.17) is 10.2 Å². The zero-order chi connectivity index (χ0) is 14.1. The fourth-order valence-electron chi connectivity index (χ4n) is 2.42. The number of fused-ring (bicyclic) bond motifs is 1. The van der Waals surface area contributed by atoms with Crippen molar-refractivity contribution in [2.24, 2.45) is 5.73 Å². The van der Waals surface area contributed by atoms with Gasteiger partial charge in [0, 0.05) is 12.0 Å². The Morgan fingerprint density at radius 2 is 1.85 bits per heavy atom. The maximum atomic E-state index is 11.2. The molecular formula is C16H16N2O2. The van der Waals surface area contributed by atoms with Crippen LogP contribution in [0.2, 0.25) is 0 Å². The van der Waals surface area contributed by atoms with Crippen LogP contribution in [-0.2, 0) is 0 Å². The van der Waals surface area contributed by atoms with Crippen LogP contribution in [0.4, 0.5) is 0 Å². The summed E-state index contributed by atoms with van der Waals surface area (Å²) < 4.78 is 5.08. The molecule has 0 bridgehead atoms. The van der Waals surface area contributed by atoms with Crippen LogP contribution in [0.3, 0.4) is 0 Å². The number of rotatable bonds is 3. The molecule has 0 saturated heterocycles. The number of H-pyrrole nitrogens is 1. The van der Waals surface area contributed by atoms with Gasteiger partial charge in [0.25, 0.3) is 0 Å². The van der Waals surface area contributed by atoms with Crippen molar-refractivity contribution in [3.63, 3.8) is 0 Å². The highest BCUT2D eigenvalue weighted by Gasteiger charge is 2.17. The van der Waals surface area contributed by atoms with E-state index in [9.17, 15) is 4.79 Å². The van der Waals surface area contributed by atoms with Crippen LogP contribution in [0.5, 0.6) is 0 Å². The van der Waals surface area contributed by atoms with Crippen LogP contribution in [-0.4, -0.2) is 4.98 Å². The van der Waals surface area contributed by atoms with Crippen LogP contribution in [0.1, 0.15) is 30.0 Å². The third-order valence-electron chi connectivity index (χ3n) is 3.69. The van der Waals surface area contributed by atoms with E-state index >= 15 is 0 Å². The lowest BCUT2D eigenvalue weighted by molar-refractivity contribution is 0.552. The molecule has 3 aromatic rings. The molecular weight excluding hydrogens is 252 g/mol. The summed E-state index contributed by atoms with van der Waals surface area (Å²) in [5.41, 5.74) is 9.72. The number of aromatic nitrogens is 1. The molecule has 3 N–H and O–H groups in total. The predicted octanol–water partition coefficient (Wildman–Crippen LogP) is 2.92. The van der Waals surface area contributed by atoms with Gasteiger partial charge in [0.2, 0.25) is 0 Å². The van der Waals surface area contributed by atoms with E-state index in [1.54, 1.807) is 0 Å². The molecule has 0 fully saturated rings. The Morgan fingerprint density at radius 3 is 2.60 bits per heavy atom. The maximum Gasteiger partial charge on any atom is 0.417 e. The zero-order valence-corrected chi connectivity index (χ0v) is 11.2. The summed E-state index contributed by atoms with van der Waals surface area (Å²) in [7, 11) is 0. The van der Waals surface area contributed by atoms with Crippen molar-refractivity contribution in [2.45, 2.75) is 18.9 Å². The zero-order valence-electron chi connectivity index (χ0n) is 11.2. The van der Waals surface area contributed by atoms with Gasteiger partial charge in [-0.15, -0.1) is 0 Å². The lowest BCUT2D eigenvalue weighted by Crippen LogP contribution is -2.17. The van der Waals surface area contributed by atoms with Crippen molar-refractivity contribution in [3.8, 4) is 0 Å². The smallest absolute Gasteiger partial charge is 0.408 e. The monoisotopic (exact) mass is 268 g/mol. The Kier molecular flexibility index (Phi) is 3.16. The summed E-state index contributed by atoms with van der Waals surface area (Å²) in [6.45, 7) is 2.09. The third kappa shape index (κ3) is 2.26. The van der Waals surface area contributed by atoms with Crippen LogP contribution < -0.4 is 11.5 Å². The van der Waals surface area contributed by atoms with Gasteiger partial charge >= 0.3 is 5.76 Å². The molecule has 0 aliphatic rings. The largest absolute Gasteiger partial charge is 0.417 e. The molecule has 1 heterocycles. The highest BCUT2D eigenvalue weighted by atomic mass is 16.4. The van der Waals surface area contributed by atoms with Gasteiger partial charge in [0.05, 0.1) is 5.52 Å². The molecule has 1 aromatic heterocycles. The standard InChI is InChI=1S/C16H16N2O2/c1-10(11-5-3-2-4-6-11)15(17)12-7-8-13-14(9-12)20-16(19)18-13/h2-10,15H,17H2,1H3,(H,18,19). The van der Waals surface area contributed by atoms with Gasteiger partial charge in [-0.25, -0.2) is 4.79 Å². The minimum atomic E-state index is -0.443. The predicted molar refractivity (Wildman–Crippen MR) is 78.6 cm³/mol. The molecule has 0 spiro atoms. The van der Waals surface area contributed by atoms with Crippen LogP contribution in [0.15, 0.2) is 57.7 Å². The molecule has 20 heavy (non-hydrogen) atoms. The molecule has 0 amide bonds. The van der Waals surface area contributed by atoms with Crippen molar-refractivity contribution < 1.29 is 4.42 Å². The van der Waals surface area contributed by atoms with E-state index in [1.807, 2.05) is 36.4 Å². The maximum absolute atomic E-state index is 11.2. The molecule has 0 aliphatic carbocycles. The second-order valence-electron chi connectivity index (χ2n) is 5.00. The van der Waals surface area contributed by atoms with Gasteiger partial charge in [-0.2, -0.15) is 0 Å². The highest BCUT2D eigenvalue weighted by molar-refractivity contribution is 5.72. The van der Waals surface area contributed by atoms with Crippen molar-refractivity contribution in [2.75, 3.05) is 0 Å². The van der Waals surface area contributed by atoms with E-state index in [0.29, 0.717) is 11.1 Å². The summed E-state index contributed by atoms with van der Waals surface area (Å²) in [4.78, 5) is 13.8. The SMILES string of the molecule is CC(c1ccccc1)C(N)c1ccc2[nH]c(=O)oc2c1. The van der Waals surface area contributed by atoms with E-state index in [-0.39, 0.29) is 12.0 Å². The number of benzene rings is 2. The number of oxazole rings is 1. The van der Waals surface area contributed by atoms with Crippen molar-refractivity contribution in [1.29, 1.82) is 0 Å². The van der Waals surface area contributed by atoms with E-state index < -0.39 is 5.76 Å². The van der Waals surface area contributed by atoms with Crippen LogP contribution in [0, 0.1) is 0 Å². The van der Waals surface area contributed by atoms with Crippen LogP contribution >= 0.6 is 0 Å². The summed E-state index contributed by atoms with van der Waals surface area (Å²) in [5, 5.41) is 0. The third-order valence-corrected chi connectivity index (χ3v) is 3.69. The van der Waals surface area contributed by atoms with Gasteiger partial charge in [-0.1, -0.05) is 43.3 Å². The molecule has 4 heteroatoms. The quantitative estimate of drug-likeness (QED) is 0.767. The molecule has 0 aliphatic heterocycles. The van der Waals surface area contributed by atoms with Crippen molar-refractivity contribution >= 4 is 11.1 Å². The lowest BCUT2D eigenvalue weighted by atomic mass is 9.89. The average Bonchev–Trinajstić information content (AvgIpc) is 2.85. The van der Waals surface area contributed by atoms with Crippen molar-refractivity contribution in [3.05, 3.63) is 70.2 Å². The number of aromatic amines is 1. The number of hydrogen-bond donors (Lipinski definition) is 2. The molecule has 2 atom stereocenters. The minimum absolute atomic E-state index is 0.151. The Bertz CT molecular complexity index is 774. The number of hydrogen-bond acceptors (Lipinski definition) is 3. The molecule has 102 valence electrons. The fraction of sp³-hybridized carbons (Fsp3) is 0.188. The molecule has 2 unspecified atom stereocenters. The fourth-order valence-corrected chi connectivity index (χ4v) is 2.42. The van der Waals surface area contributed by atoms with Gasteiger partial charge < -0.3 is 10.2 Å². The Hall–Kier alpha value is -2.33. The van der Waals surface area contributed by atoms with Gasteiger partial charge in [-0.3, -0.25) is 4.98 Å². The number of nitrogens with one attached hydrogen (secondary N) is 1. The summed E-state index contributed by atoms with van der Waals surface area (Å²) in [6.07, 6.45) is 0. The van der Waals surface area contributed by atoms with Crippen molar-refractivity contribution in [1.82, 2.24) is 4.98 Å². The molecule has 0 saturated carbocycles. The second-order valence-corrected chi connectivity index (χ2v) is 5.00. The molecule has 0 radical (unpaired) electrons. The Balaban J connectivity index is 1.95. The second kappa shape index (κ2) is 4.98. The first-order valence-corrected chi connectivity index (χ1v) is 6.58. The topological polar surface area (TPSA) is 72.0 Å². The summed E-state index contributed by atoms with van der Waals surface area (Å²) >= 11 is 0. The Labute approximate surface area is 116 Å². The first kappa shape index (κ1) is 12.7. The van der Waals surface area contributed by atoms with Gasteiger partial charge in [0.1, 0.15) is 0 Å². The lowest BCUT2D eigenvalue weighted by Gasteiger charge is -2.20. The van der Waals surface area contributed by atoms with Gasteiger partial charge in [0.15, 0.2) is 5.58 Å². The van der Waals surface area contributed by atoms with Gasteiger partial charge in [-0.05, 0) is 23.3 Å². The Morgan fingerprint density at radius 1 is 1.10 bits per heavy atom. The van der Waals surface area contributed by atoms with E-state index in [0.717, 1.165) is 5.56 Å². The van der Waals surface area contributed by atoms with Crippen LogP contribution in [0.25, 0.3) is 11.1 Å². The molecule has 2 aromatic carbocycles. The molecule has 4 nitrogen and oxygen atoms in total. The van der Waals surface area contributed by atoms with E-state index in [1.165, 1.54) is 5.56 Å². The average molecular weight is 268 g/mol. The van der Waals surface area contributed by atoms with E-state index in [2.05, 4.69) is 24.0 Å². The highest BCUT2D eigenvalue weighted by Crippen LogP contribution is 2.29.